The number of likely N-dealkylation sites (tertiary alicyclic amines) is 1. The molecule has 29 heavy (non-hydrogen) atoms. The fraction of sp³-hybridized carbons (Fsp3) is 0.500. The van der Waals surface area contributed by atoms with Gasteiger partial charge in [0.25, 0.3) is 0 Å². The molecule has 160 valence electrons. The highest BCUT2D eigenvalue weighted by atomic mass is 127. The van der Waals surface area contributed by atoms with Crippen LogP contribution in [-0.4, -0.2) is 50.7 Å². The van der Waals surface area contributed by atoms with E-state index >= 15 is 0 Å². The quantitative estimate of drug-likeness (QED) is 0.304. The molecule has 2 N–H and O–H groups in total. The predicted octanol–water partition coefficient (Wildman–Crippen LogP) is 3.84. The second kappa shape index (κ2) is 12.7. The van der Waals surface area contributed by atoms with E-state index in [1.54, 1.807) is 13.4 Å². The maximum atomic E-state index is 5.70. The van der Waals surface area contributed by atoms with E-state index in [1.807, 2.05) is 24.3 Å². The minimum atomic E-state index is 0. The minimum absolute atomic E-state index is 0. The molecule has 0 spiro atoms. The number of nitrogens with one attached hydrogen (secondary N) is 2. The number of benzene rings is 1. The van der Waals surface area contributed by atoms with Crippen LogP contribution >= 0.6 is 24.0 Å². The normalized spacial score (nSPS) is 15.6. The number of halogens is 1. The number of nitrogens with zero attached hydrogens (tertiary/aromatic N) is 2. The minimum Gasteiger partial charge on any atom is -0.496 e. The lowest BCUT2D eigenvalue weighted by Gasteiger charge is -2.24. The van der Waals surface area contributed by atoms with Crippen LogP contribution in [0.4, 0.5) is 0 Å². The summed E-state index contributed by atoms with van der Waals surface area (Å²) in [6.45, 7) is 6.60. The predicted molar refractivity (Wildman–Crippen MR) is 128 cm³/mol. The van der Waals surface area contributed by atoms with Crippen molar-refractivity contribution < 1.29 is 9.15 Å². The van der Waals surface area contributed by atoms with Gasteiger partial charge in [0.05, 0.1) is 26.0 Å². The van der Waals surface area contributed by atoms with E-state index in [-0.39, 0.29) is 30.0 Å². The highest BCUT2D eigenvalue weighted by molar-refractivity contribution is 14.0. The highest BCUT2D eigenvalue weighted by Gasteiger charge is 2.25. The van der Waals surface area contributed by atoms with Gasteiger partial charge in [-0.2, -0.15) is 0 Å². The van der Waals surface area contributed by atoms with E-state index < -0.39 is 0 Å². The van der Waals surface area contributed by atoms with E-state index in [4.69, 9.17) is 14.1 Å². The average Bonchev–Trinajstić information content (AvgIpc) is 3.43. The molecular formula is C22H33IN4O2. The number of hydrogen-bond donors (Lipinski definition) is 2. The molecule has 1 unspecified atom stereocenters. The van der Waals surface area contributed by atoms with E-state index in [2.05, 4.69) is 34.6 Å². The van der Waals surface area contributed by atoms with Gasteiger partial charge in [-0.15, -0.1) is 24.0 Å². The summed E-state index contributed by atoms with van der Waals surface area (Å²) in [6.07, 6.45) is 5.12. The summed E-state index contributed by atoms with van der Waals surface area (Å²) in [6, 6.07) is 12.3. The molecule has 0 saturated carbocycles. The van der Waals surface area contributed by atoms with E-state index in [0.29, 0.717) is 6.54 Å². The zero-order valence-corrected chi connectivity index (χ0v) is 19.7. The third-order valence-electron chi connectivity index (χ3n) is 5.10. The molecular weight excluding hydrogens is 479 g/mol. The smallest absolute Gasteiger partial charge is 0.191 e. The molecule has 0 radical (unpaired) electrons. The maximum Gasteiger partial charge on any atom is 0.191 e. The molecule has 1 aliphatic heterocycles. The monoisotopic (exact) mass is 512 g/mol. The number of para-hydroxylation sites is 1. The third-order valence-corrected chi connectivity index (χ3v) is 5.10. The van der Waals surface area contributed by atoms with Gasteiger partial charge in [0, 0.05) is 13.1 Å². The number of ether oxygens (including phenoxy) is 1. The van der Waals surface area contributed by atoms with Gasteiger partial charge >= 0.3 is 0 Å². The summed E-state index contributed by atoms with van der Waals surface area (Å²) in [5, 5.41) is 6.79. The molecule has 1 aromatic heterocycles. The number of hydrogen-bond acceptors (Lipinski definition) is 4. The van der Waals surface area contributed by atoms with Crippen molar-refractivity contribution in [2.75, 3.05) is 39.8 Å². The SMILES string of the molecule is CCNC(=NCC(c1ccco1)N1CCCC1)NCCc1ccccc1OC.I. The largest absolute Gasteiger partial charge is 0.496 e. The topological polar surface area (TPSA) is 62.0 Å². The maximum absolute atomic E-state index is 5.70. The molecule has 6 nitrogen and oxygen atoms in total. The van der Waals surface area contributed by atoms with Gasteiger partial charge < -0.3 is 19.8 Å². The molecule has 0 bridgehead atoms. The van der Waals surface area contributed by atoms with Crippen molar-refractivity contribution in [1.29, 1.82) is 0 Å². The van der Waals surface area contributed by atoms with Crippen LogP contribution in [0.2, 0.25) is 0 Å². The summed E-state index contributed by atoms with van der Waals surface area (Å²) in [7, 11) is 1.71. The first-order valence-electron chi connectivity index (χ1n) is 10.2. The first-order valence-corrected chi connectivity index (χ1v) is 10.2. The van der Waals surface area contributed by atoms with Crippen LogP contribution in [0.5, 0.6) is 5.75 Å². The van der Waals surface area contributed by atoms with Gasteiger partial charge in [-0.05, 0) is 63.0 Å². The first-order chi connectivity index (χ1) is 13.8. The molecule has 7 heteroatoms. The zero-order valence-electron chi connectivity index (χ0n) is 17.4. The van der Waals surface area contributed by atoms with Gasteiger partial charge in [-0.3, -0.25) is 9.89 Å². The van der Waals surface area contributed by atoms with Crippen LogP contribution in [0, 0.1) is 0 Å². The molecule has 1 aromatic carbocycles. The highest BCUT2D eigenvalue weighted by Crippen LogP contribution is 2.25. The number of furan rings is 1. The lowest BCUT2D eigenvalue weighted by atomic mass is 10.1. The Bertz CT molecular complexity index is 730. The Morgan fingerprint density at radius 2 is 1.97 bits per heavy atom. The molecule has 1 saturated heterocycles. The molecule has 0 amide bonds. The summed E-state index contributed by atoms with van der Waals surface area (Å²) in [5.74, 6) is 2.77. The van der Waals surface area contributed by atoms with E-state index in [9.17, 15) is 0 Å². The molecule has 2 heterocycles. The van der Waals surface area contributed by atoms with Gasteiger partial charge in [0.15, 0.2) is 5.96 Å². The van der Waals surface area contributed by atoms with E-state index in [1.165, 1.54) is 18.4 Å². The van der Waals surface area contributed by atoms with Crippen LogP contribution < -0.4 is 15.4 Å². The van der Waals surface area contributed by atoms with Gasteiger partial charge in [0.1, 0.15) is 11.5 Å². The molecule has 3 rings (SSSR count). The van der Waals surface area contributed by atoms with Crippen LogP contribution in [-0.2, 0) is 6.42 Å². The van der Waals surface area contributed by atoms with E-state index in [0.717, 1.165) is 50.1 Å². The molecule has 1 aliphatic rings. The van der Waals surface area contributed by atoms with Crippen molar-refractivity contribution in [3.8, 4) is 5.75 Å². The molecule has 0 aliphatic carbocycles. The number of rotatable bonds is 9. The fourth-order valence-corrected chi connectivity index (χ4v) is 3.66. The lowest BCUT2D eigenvalue weighted by Crippen LogP contribution is -2.39. The van der Waals surface area contributed by atoms with Gasteiger partial charge in [0.2, 0.25) is 0 Å². The zero-order chi connectivity index (χ0) is 19.6. The molecule has 1 atom stereocenters. The van der Waals surface area contributed by atoms with Crippen LogP contribution in [0.3, 0.4) is 0 Å². The molecule has 1 fully saturated rings. The van der Waals surface area contributed by atoms with Gasteiger partial charge in [-0.1, -0.05) is 18.2 Å². The lowest BCUT2D eigenvalue weighted by molar-refractivity contribution is 0.221. The van der Waals surface area contributed by atoms with Crippen LogP contribution in [0.25, 0.3) is 0 Å². The van der Waals surface area contributed by atoms with Crippen LogP contribution in [0.1, 0.15) is 37.1 Å². The van der Waals surface area contributed by atoms with Crippen molar-refractivity contribution in [2.24, 2.45) is 4.99 Å². The standard InChI is InChI=1S/C22H32N4O2.HI/c1-3-23-22(24-13-12-18-9-4-5-10-20(18)27-2)25-17-19(21-11-8-16-28-21)26-14-6-7-15-26;/h4-5,8-11,16,19H,3,6-7,12-15,17H2,1-2H3,(H2,23,24,25);1H. The Hall–Kier alpha value is -1.74. The number of aliphatic imine (C=N–C) groups is 1. The van der Waals surface area contributed by atoms with Crippen molar-refractivity contribution in [3.63, 3.8) is 0 Å². The first kappa shape index (κ1) is 23.5. The second-order valence-corrected chi connectivity index (χ2v) is 6.98. The van der Waals surface area contributed by atoms with Crippen LogP contribution in [0.15, 0.2) is 52.1 Å². The van der Waals surface area contributed by atoms with Crippen molar-refractivity contribution in [2.45, 2.75) is 32.2 Å². The molecule has 2 aromatic rings. The third kappa shape index (κ3) is 6.92. The second-order valence-electron chi connectivity index (χ2n) is 6.98. The number of guanidine groups is 1. The Labute approximate surface area is 191 Å². The summed E-state index contributed by atoms with van der Waals surface area (Å²) >= 11 is 0. The van der Waals surface area contributed by atoms with Crippen molar-refractivity contribution >= 4 is 29.9 Å². The fourth-order valence-electron chi connectivity index (χ4n) is 3.66. The summed E-state index contributed by atoms with van der Waals surface area (Å²) < 4.78 is 11.1. The number of methoxy groups -OCH3 is 1. The van der Waals surface area contributed by atoms with Gasteiger partial charge in [-0.25, -0.2) is 0 Å². The Morgan fingerprint density at radius 1 is 1.17 bits per heavy atom. The Morgan fingerprint density at radius 3 is 2.66 bits per heavy atom. The van der Waals surface area contributed by atoms with Crippen molar-refractivity contribution in [1.82, 2.24) is 15.5 Å². The Balaban J connectivity index is 0.00000300. The summed E-state index contributed by atoms with van der Waals surface area (Å²) in [4.78, 5) is 7.32. The Kier molecular flexibility index (Phi) is 10.3. The summed E-state index contributed by atoms with van der Waals surface area (Å²) in [5.41, 5.74) is 1.19. The van der Waals surface area contributed by atoms with Crippen molar-refractivity contribution in [3.05, 3.63) is 54.0 Å². The average molecular weight is 512 g/mol.